The lowest BCUT2D eigenvalue weighted by atomic mass is 10.3. The molecular weight excluding hydrogens is 618 g/mol. The lowest BCUT2D eigenvalue weighted by Crippen LogP contribution is -2.38. The molecule has 4 rings (SSSR count). The minimum atomic E-state index is -4.18. The maximum Gasteiger partial charge on any atom is 0.264 e. The number of nitrogens with one attached hydrogen (secondary N) is 2. The number of rotatable bonds is 12. The number of anilines is 3. The third-order valence-corrected chi connectivity index (χ3v) is 9.57. The molecule has 4 aromatic carbocycles. The number of hydrogen-bond acceptors (Lipinski definition) is 8. The van der Waals surface area contributed by atoms with Crippen LogP contribution in [-0.4, -0.2) is 50.6 Å². The van der Waals surface area contributed by atoms with Crippen molar-refractivity contribution < 1.29 is 35.8 Å². The van der Waals surface area contributed by atoms with Gasteiger partial charge in [-0.1, -0.05) is 11.6 Å². The number of methoxy groups -OCH3 is 3. The van der Waals surface area contributed by atoms with E-state index in [-0.39, 0.29) is 26.9 Å². The van der Waals surface area contributed by atoms with Crippen molar-refractivity contribution >= 4 is 54.6 Å². The van der Waals surface area contributed by atoms with Gasteiger partial charge in [0.1, 0.15) is 23.8 Å². The molecule has 0 aliphatic heterocycles. The number of carbonyl (C=O) groups excluding carboxylic acids is 1. The van der Waals surface area contributed by atoms with Crippen molar-refractivity contribution in [3.63, 3.8) is 0 Å². The molecule has 226 valence electrons. The van der Waals surface area contributed by atoms with Crippen LogP contribution in [0, 0.1) is 0 Å². The Morgan fingerprint density at radius 1 is 0.744 bits per heavy atom. The molecule has 0 heterocycles. The normalized spacial score (nSPS) is 11.3. The highest BCUT2D eigenvalue weighted by molar-refractivity contribution is 7.93. The average Bonchev–Trinajstić information content (AvgIpc) is 3.00. The van der Waals surface area contributed by atoms with Gasteiger partial charge in [-0.2, -0.15) is 0 Å². The predicted octanol–water partition coefficient (Wildman–Crippen LogP) is 5.00. The summed E-state index contributed by atoms with van der Waals surface area (Å²) in [4.78, 5) is 12.9. The Kier molecular flexibility index (Phi) is 9.69. The van der Waals surface area contributed by atoms with Crippen molar-refractivity contribution in [3.8, 4) is 17.2 Å². The maximum atomic E-state index is 13.6. The lowest BCUT2D eigenvalue weighted by Gasteiger charge is -2.24. The molecule has 0 aromatic heterocycles. The Bertz CT molecular complexity index is 1800. The topological polar surface area (TPSA) is 140 Å². The molecule has 1 amide bonds. The van der Waals surface area contributed by atoms with E-state index in [1.807, 2.05) is 0 Å². The fourth-order valence-electron chi connectivity index (χ4n) is 3.94. The van der Waals surface area contributed by atoms with Crippen LogP contribution in [0.25, 0.3) is 0 Å². The van der Waals surface area contributed by atoms with Gasteiger partial charge in [0, 0.05) is 16.8 Å². The molecular formula is C29H28ClN3O8S2. The molecule has 0 atom stereocenters. The Hall–Kier alpha value is -4.46. The molecule has 11 nitrogen and oxygen atoms in total. The van der Waals surface area contributed by atoms with E-state index >= 15 is 0 Å². The van der Waals surface area contributed by atoms with Crippen LogP contribution >= 0.6 is 11.6 Å². The summed E-state index contributed by atoms with van der Waals surface area (Å²) in [7, 11) is -3.89. The van der Waals surface area contributed by atoms with Gasteiger partial charge in [0.25, 0.3) is 20.0 Å². The van der Waals surface area contributed by atoms with E-state index in [4.69, 9.17) is 25.8 Å². The van der Waals surface area contributed by atoms with Crippen LogP contribution < -0.4 is 28.6 Å². The summed E-state index contributed by atoms with van der Waals surface area (Å²) in [6, 6.07) is 21.8. The zero-order chi connectivity index (χ0) is 31.2. The second-order valence-corrected chi connectivity index (χ2v) is 12.9. The summed E-state index contributed by atoms with van der Waals surface area (Å²) < 4.78 is 72.1. The number of benzene rings is 4. The molecule has 0 saturated heterocycles. The smallest absolute Gasteiger partial charge is 0.264 e. The third-order valence-electron chi connectivity index (χ3n) is 6.15. The van der Waals surface area contributed by atoms with Gasteiger partial charge in [0.05, 0.1) is 42.5 Å². The second kappa shape index (κ2) is 13.2. The molecule has 0 radical (unpaired) electrons. The summed E-state index contributed by atoms with van der Waals surface area (Å²) in [6.07, 6.45) is 0. The lowest BCUT2D eigenvalue weighted by molar-refractivity contribution is -0.114. The van der Waals surface area contributed by atoms with E-state index in [2.05, 4.69) is 10.0 Å². The van der Waals surface area contributed by atoms with Crippen molar-refractivity contribution in [2.45, 2.75) is 9.79 Å². The van der Waals surface area contributed by atoms with Gasteiger partial charge >= 0.3 is 0 Å². The Balaban J connectivity index is 1.53. The molecule has 2 N–H and O–H groups in total. The summed E-state index contributed by atoms with van der Waals surface area (Å²) in [5, 5.41) is 3.01. The SMILES string of the molecule is COc1ccc(S(=O)(=O)N(CC(=O)Nc2ccc(S(=O)(=O)Nc3cc(OC)ccc3OC)cc2)c2ccc(Cl)cc2)cc1. The van der Waals surface area contributed by atoms with Crippen LogP contribution in [0.15, 0.2) is 101 Å². The van der Waals surface area contributed by atoms with E-state index in [0.717, 1.165) is 4.31 Å². The molecule has 4 aromatic rings. The Morgan fingerprint density at radius 2 is 1.33 bits per heavy atom. The first-order chi connectivity index (χ1) is 20.5. The van der Waals surface area contributed by atoms with Gasteiger partial charge in [-0.25, -0.2) is 16.8 Å². The minimum absolute atomic E-state index is 0.0502. The minimum Gasteiger partial charge on any atom is -0.497 e. The van der Waals surface area contributed by atoms with E-state index < -0.39 is 32.5 Å². The number of ether oxygens (including phenoxy) is 3. The number of carbonyl (C=O) groups is 1. The predicted molar refractivity (Wildman–Crippen MR) is 164 cm³/mol. The zero-order valence-electron chi connectivity index (χ0n) is 23.3. The van der Waals surface area contributed by atoms with Crippen LogP contribution in [0.3, 0.4) is 0 Å². The van der Waals surface area contributed by atoms with Crippen molar-refractivity contribution in [1.29, 1.82) is 0 Å². The fourth-order valence-corrected chi connectivity index (χ4v) is 6.55. The first-order valence-electron chi connectivity index (χ1n) is 12.5. The monoisotopic (exact) mass is 645 g/mol. The number of sulfonamides is 2. The Labute approximate surface area is 255 Å². The number of hydrogen-bond donors (Lipinski definition) is 2. The van der Waals surface area contributed by atoms with Gasteiger partial charge in [0.15, 0.2) is 0 Å². The molecule has 0 spiro atoms. The standard InChI is InChI=1S/C29H28ClN3O8S2/c1-39-23-10-15-26(16-11-23)43(37,38)33(22-8-4-20(30)5-9-22)19-29(34)31-21-6-13-25(14-7-21)42(35,36)32-27-18-24(40-2)12-17-28(27)41-3/h4-18,32H,19H2,1-3H3,(H,31,34). The van der Waals surface area contributed by atoms with Crippen LogP contribution in [0.5, 0.6) is 17.2 Å². The first-order valence-corrected chi connectivity index (χ1v) is 15.8. The van der Waals surface area contributed by atoms with Crippen LogP contribution in [0.1, 0.15) is 0 Å². The molecule has 0 saturated carbocycles. The average molecular weight is 646 g/mol. The molecule has 0 aliphatic rings. The summed E-state index contributed by atoms with van der Waals surface area (Å²) in [5.41, 5.74) is 0.649. The van der Waals surface area contributed by atoms with Crippen molar-refractivity contribution in [2.24, 2.45) is 0 Å². The maximum absolute atomic E-state index is 13.6. The fraction of sp³-hybridized carbons (Fsp3) is 0.138. The Morgan fingerprint density at radius 3 is 1.91 bits per heavy atom. The van der Waals surface area contributed by atoms with E-state index in [9.17, 15) is 21.6 Å². The highest BCUT2D eigenvalue weighted by Crippen LogP contribution is 2.31. The van der Waals surface area contributed by atoms with E-state index in [0.29, 0.717) is 22.3 Å². The summed E-state index contributed by atoms with van der Waals surface area (Å²) in [6.45, 7) is -0.576. The van der Waals surface area contributed by atoms with E-state index in [1.165, 1.54) is 100 Å². The molecule has 43 heavy (non-hydrogen) atoms. The molecule has 0 unspecified atom stereocenters. The van der Waals surface area contributed by atoms with Crippen LogP contribution in [0.4, 0.5) is 17.1 Å². The summed E-state index contributed by atoms with van der Waals surface area (Å²) >= 11 is 5.99. The van der Waals surface area contributed by atoms with Gasteiger partial charge < -0.3 is 19.5 Å². The number of amides is 1. The van der Waals surface area contributed by atoms with Crippen molar-refractivity contribution in [2.75, 3.05) is 42.2 Å². The quantitative estimate of drug-likeness (QED) is 0.219. The largest absolute Gasteiger partial charge is 0.497 e. The van der Waals surface area contributed by atoms with E-state index in [1.54, 1.807) is 12.1 Å². The van der Waals surface area contributed by atoms with Crippen LogP contribution in [0.2, 0.25) is 5.02 Å². The summed E-state index contributed by atoms with van der Waals surface area (Å²) in [5.74, 6) is 0.529. The van der Waals surface area contributed by atoms with Gasteiger partial charge in [-0.15, -0.1) is 0 Å². The zero-order valence-corrected chi connectivity index (χ0v) is 25.7. The number of halogens is 1. The number of nitrogens with zero attached hydrogens (tertiary/aromatic N) is 1. The first kappa shape index (κ1) is 31.5. The van der Waals surface area contributed by atoms with Gasteiger partial charge in [-0.05, 0) is 84.9 Å². The molecule has 0 fully saturated rings. The van der Waals surface area contributed by atoms with Crippen molar-refractivity contribution in [3.05, 3.63) is 96.0 Å². The van der Waals surface area contributed by atoms with Gasteiger partial charge in [0.2, 0.25) is 5.91 Å². The highest BCUT2D eigenvalue weighted by atomic mass is 35.5. The molecule has 0 bridgehead atoms. The van der Waals surface area contributed by atoms with Crippen LogP contribution in [-0.2, 0) is 24.8 Å². The molecule has 14 heteroatoms. The second-order valence-electron chi connectivity index (χ2n) is 8.91. The molecule has 0 aliphatic carbocycles. The third kappa shape index (κ3) is 7.49. The van der Waals surface area contributed by atoms with Gasteiger partial charge in [-0.3, -0.25) is 13.8 Å². The van der Waals surface area contributed by atoms with Crippen molar-refractivity contribution in [1.82, 2.24) is 0 Å². The highest BCUT2D eigenvalue weighted by Gasteiger charge is 2.27.